The average Bonchev–Trinajstić information content (AvgIpc) is 3.07. The summed E-state index contributed by atoms with van der Waals surface area (Å²) in [7, 11) is 0. The van der Waals surface area contributed by atoms with E-state index in [1.54, 1.807) is 24.3 Å². The molecule has 2 aromatic rings. The topological polar surface area (TPSA) is 91.6 Å². The molecule has 6 nitrogen and oxygen atoms in total. The van der Waals surface area contributed by atoms with Gasteiger partial charge in [-0.05, 0) is 49.2 Å². The summed E-state index contributed by atoms with van der Waals surface area (Å²) in [5, 5.41) is 14.5. The van der Waals surface area contributed by atoms with Crippen LogP contribution in [-0.4, -0.2) is 30.1 Å². The van der Waals surface area contributed by atoms with Crippen molar-refractivity contribution in [1.29, 1.82) is 0 Å². The van der Waals surface area contributed by atoms with E-state index in [-0.39, 0.29) is 19.1 Å². The average molecular weight is 316 g/mol. The third kappa shape index (κ3) is 4.43. The Balaban J connectivity index is 1.88. The van der Waals surface area contributed by atoms with E-state index in [0.29, 0.717) is 11.3 Å². The quantitative estimate of drug-likeness (QED) is 0.752. The van der Waals surface area contributed by atoms with Crippen LogP contribution in [-0.2, 0) is 4.79 Å². The lowest BCUT2D eigenvalue weighted by Gasteiger charge is -2.14. The van der Waals surface area contributed by atoms with Crippen LogP contribution < -0.4 is 10.6 Å². The number of aliphatic hydroxyl groups is 1. The zero-order valence-electron chi connectivity index (χ0n) is 13.1. The van der Waals surface area contributed by atoms with Crippen molar-refractivity contribution >= 4 is 11.8 Å². The molecule has 1 heterocycles. The lowest BCUT2D eigenvalue weighted by molar-refractivity contribution is -0.121. The van der Waals surface area contributed by atoms with Crippen LogP contribution in [0.5, 0.6) is 0 Å². The fourth-order valence-electron chi connectivity index (χ4n) is 2.09. The van der Waals surface area contributed by atoms with Gasteiger partial charge in [0.15, 0.2) is 0 Å². The maximum absolute atomic E-state index is 12.0. The van der Waals surface area contributed by atoms with Gasteiger partial charge in [0.25, 0.3) is 5.91 Å². The van der Waals surface area contributed by atoms with Crippen LogP contribution in [0.25, 0.3) is 0 Å². The molecule has 6 heteroatoms. The second kappa shape index (κ2) is 7.60. The number of benzene rings is 1. The number of nitrogens with one attached hydrogen (secondary N) is 2. The molecule has 1 atom stereocenters. The van der Waals surface area contributed by atoms with E-state index >= 15 is 0 Å². The molecule has 2 amide bonds. The Morgan fingerprint density at radius 3 is 2.61 bits per heavy atom. The molecule has 23 heavy (non-hydrogen) atoms. The summed E-state index contributed by atoms with van der Waals surface area (Å²) in [6.45, 7) is 3.43. The van der Waals surface area contributed by atoms with E-state index in [2.05, 4.69) is 10.6 Å². The Hall–Kier alpha value is -2.60. The normalized spacial score (nSPS) is 11.8. The number of amides is 2. The number of hydrogen-bond donors (Lipinski definition) is 3. The van der Waals surface area contributed by atoms with Crippen molar-refractivity contribution in [2.75, 3.05) is 13.2 Å². The summed E-state index contributed by atoms with van der Waals surface area (Å²) >= 11 is 0. The fraction of sp³-hybridized carbons (Fsp3) is 0.294. The standard InChI is InChI=1S/C17H20N2O4/c1-11-5-6-13(8-12(11)2)17(22)18-9-16(21)19-14(10-20)15-4-3-7-23-15/h3-8,14,20H,9-10H2,1-2H3,(H,18,22)(H,19,21). The molecule has 0 aliphatic rings. The third-order valence-electron chi connectivity index (χ3n) is 3.58. The monoisotopic (exact) mass is 316 g/mol. The maximum atomic E-state index is 12.0. The Labute approximate surface area is 134 Å². The Kier molecular flexibility index (Phi) is 5.54. The molecule has 0 aliphatic heterocycles. The summed E-state index contributed by atoms with van der Waals surface area (Å²) in [5.74, 6) is -0.263. The number of aryl methyl sites for hydroxylation is 2. The predicted octanol–water partition coefficient (Wildman–Crippen LogP) is 1.48. The van der Waals surface area contributed by atoms with E-state index in [1.165, 1.54) is 6.26 Å². The highest BCUT2D eigenvalue weighted by atomic mass is 16.3. The molecule has 122 valence electrons. The molecule has 0 spiro atoms. The molecule has 0 radical (unpaired) electrons. The minimum atomic E-state index is -0.629. The molecule has 2 rings (SSSR count). The van der Waals surface area contributed by atoms with Gasteiger partial charge < -0.3 is 20.2 Å². The number of furan rings is 1. The van der Waals surface area contributed by atoms with E-state index in [0.717, 1.165) is 11.1 Å². The molecule has 1 unspecified atom stereocenters. The Bertz CT molecular complexity index is 680. The van der Waals surface area contributed by atoms with Gasteiger partial charge in [-0.2, -0.15) is 0 Å². The summed E-state index contributed by atoms with van der Waals surface area (Å²) in [5.41, 5.74) is 2.62. The largest absolute Gasteiger partial charge is 0.467 e. The molecular weight excluding hydrogens is 296 g/mol. The zero-order chi connectivity index (χ0) is 16.8. The van der Waals surface area contributed by atoms with E-state index in [9.17, 15) is 14.7 Å². The molecule has 0 bridgehead atoms. The van der Waals surface area contributed by atoms with Crippen molar-refractivity contribution in [3.05, 3.63) is 59.0 Å². The highest BCUT2D eigenvalue weighted by Gasteiger charge is 2.16. The molecule has 1 aromatic carbocycles. The smallest absolute Gasteiger partial charge is 0.251 e. The van der Waals surface area contributed by atoms with Gasteiger partial charge in [-0.3, -0.25) is 9.59 Å². The van der Waals surface area contributed by atoms with Gasteiger partial charge >= 0.3 is 0 Å². The predicted molar refractivity (Wildman–Crippen MR) is 84.9 cm³/mol. The van der Waals surface area contributed by atoms with Gasteiger partial charge in [-0.25, -0.2) is 0 Å². The van der Waals surface area contributed by atoms with Crippen LogP contribution >= 0.6 is 0 Å². The van der Waals surface area contributed by atoms with Crippen molar-refractivity contribution < 1.29 is 19.1 Å². The molecule has 3 N–H and O–H groups in total. The van der Waals surface area contributed by atoms with Crippen LogP contribution in [0, 0.1) is 13.8 Å². The van der Waals surface area contributed by atoms with Crippen molar-refractivity contribution in [2.24, 2.45) is 0 Å². The highest BCUT2D eigenvalue weighted by molar-refractivity contribution is 5.96. The molecule has 0 saturated heterocycles. The van der Waals surface area contributed by atoms with Gasteiger partial charge in [0, 0.05) is 5.56 Å². The first-order valence-corrected chi connectivity index (χ1v) is 7.30. The van der Waals surface area contributed by atoms with Crippen molar-refractivity contribution in [3.8, 4) is 0 Å². The van der Waals surface area contributed by atoms with Crippen LogP contribution in [0.3, 0.4) is 0 Å². The minimum Gasteiger partial charge on any atom is -0.467 e. The number of rotatable bonds is 6. The molecule has 0 fully saturated rings. The van der Waals surface area contributed by atoms with Gasteiger partial charge in [0.05, 0.1) is 19.4 Å². The van der Waals surface area contributed by atoms with Gasteiger partial charge in [-0.1, -0.05) is 6.07 Å². The molecule has 1 aromatic heterocycles. The zero-order valence-corrected chi connectivity index (χ0v) is 13.1. The van der Waals surface area contributed by atoms with Crippen LogP contribution in [0.2, 0.25) is 0 Å². The first-order chi connectivity index (χ1) is 11.0. The molecular formula is C17H20N2O4. The lowest BCUT2D eigenvalue weighted by atomic mass is 10.1. The number of aliphatic hydroxyl groups excluding tert-OH is 1. The van der Waals surface area contributed by atoms with Crippen molar-refractivity contribution in [3.63, 3.8) is 0 Å². The number of carbonyl (C=O) groups excluding carboxylic acids is 2. The first-order valence-electron chi connectivity index (χ1n) is 7.30. The lowest BCUT2D eigenvalue weighted by Crippen LogP contribution is -2.39. The number of carbonyl (C=O) groups is 2. The van der Waals surface area contributed by atoms with E-state index in [1.807, 2.05) is 19.9 Å². The minimum absolute atomic E-state index is 0.178. The van der Waals surface area contributed by atoms with Gasteiger partial charge in [-0.15, -0.1) is 0 Å². The third-order valence-corrected chi connectivity index (χ3v) is 3.58. The van der Waals surface area contributed by atoms with Gasteiger partial charge in [0.1, 0.15) is 11.8 Å². The summed E-state index contributed by atoms with van der Waals surface area (Å²) < 4.78 is 5.14. The second-order valence-electron chi connectivity index (χ2n) is 5.30. The summed E-state index contributed by atoms with van der Waals surface area (Å²) in [6.07, 6.45) is 1.46. The fourth-order valence-corrected chi connectivity index (χ4v) is 2.09. The van der Waals surface area contributed by atoms with E-state index in [4.69, 9.17) is 4.42 Å². The first kappa shape index (κ1) is 16.8. The Morgan fingerprint density at radius 2 is 2.00 bits per heavy atom. The van der Waals surface area contributed by atoms with Crippen molar-refractivity contribution in [2.45, 2.75) is 19.9 Å². The maximum Gasteiger partial charge on any atom is 0.251 e. The molecule has 0 saturated carbocycles. The van der Waals surface area contributed by atoms with Crippen LogP contribution in [0.4, 0.5) is 0 Å². The van der Waals surface area contributed by atoms with Crippen LogP contribution in [0.15, 0.2) is 41.0 Å². The van der Waals surface area contributed by atoms with Gasteiger partial charge in [0.2, 0.25) is 5.91 Å². The SMILES string of the molecule is Cc1ccc(C(=O)NCC(=O)NC(CO)c2ccco2)cc1C. The summed E-state index contributed by atoms with van der Waals surface area (Å²) in [6, 6.07) is 8.07. The Morgan fingerprint density at radius 1 is 1.22 bits per heavy atom. The van der Waals surface area contributed by atoms with E-state index < -0.39 is 11.9 Å². The summed E-state index contributed by atoms with van der Waals surface area (Å²) in [4.78, 5) is 23.9. The number of hydrogen-bond acceptors (Lipinski definition) is 4. The van der Waals surface area contributed by atoms with Crippen molar-refractivity contribution in [1.82, 2.24) is 10.6 Å². The highest BCUT2D eigenvalue weighted by Crippen LogP contribution is 2.12. The molecule has 0 aliphatic carbocycles. The second-order valence-corrected chi connectivity index (χ2v) is 5.30. The van der Waals surface area contributed by atoms with Crippen LogP contribution in [0.1, 0.15) is 33.3 Å².